The molecule has 0 aliphatic heterocycles. The van der Waals surface area contributed by atoms with Crippen molar-refractivity contribution in [3.8, 4) is 5.75 Å². The number of nitrogens with zero attached hydrogens (tertiary/aromatic N) is 1. The number of rotatable bonds is 4. The molecule has 0 fully saturated rings. The largest absolute Gasteiger partial charge is 0.493 e. The minimum Gasteiger partial charge on any atom is -0.493 e. The van der Waals surface area contributed by atoms with E-state index in [0.717, 1.165) is 22.6 Å². The van der Waals surface area contributed by atoms with E-state index in [2.05, 4.69) is 9.97 Å². The zero-order valence-electron chi connectivity index (χ0n) is 11.2. The van der Waals surface area contributed by atoms with Gasteiger partial charge in [-0.2, -0.15) is 0 Å². The molecular formula is C16H15FN2O. The van der Waals surface area contributed by atoms with Gasteiger partial charge in [0, 0.05) is 6.42 Å². The van der Waals surface area contributed by atoms with Gasteiger partial charge in [0.1, 0.15) is 17.4 Å². The molecule has 3 nitrogen and oxygen atoms in total. The van der Waals surface area contributed by atoms with Gasteiger partial charge in [0.25, 0.3) is 0 Å². The van der Waals surface area contributed by atoms with E-state index in [-0.39, 0.29) is 5.82 Å². The third kappa shape index (κ3) is 2.79. The van der Waals surface area contributed by atoms with E-state index in [9.17, 15) is 4.39 Å². The van der Waals surface area contributed by atoms with Crippen molar-refractivity contribution in [3.05, 3.63) is 59.7 Å². The molecule has 0 saturated heterocycles. The number of imidazole rings is 1. The molecule has 4 heteroatoms. The number of aromatic amines is 1. The lowest BCUT2D eigenvalue weighted by Gasteiger charge is -2.05. The van der Waals surface area contributed by atoms with Crippen molar-refractivity contribution in [1.29, 1.82) is 0 Å². The summed E-state index contributed by atoms with van der Waals surface area (Å²) >= 11 is 0. The number of fused-ring (bicyclic) bond motifs is 1. The van der Waals surface area contributed by atoms with Crippen LogP contribution in [0.3, 0.4) is 0 Å². The number of hydrogen-bond acceptors (Lipinski definition) is 2. The fraction of sp³-hybridized carbons (Fsp3) is 0.188. The van der Waals surface area contributed by atoms with Gasteiger partial charge < -0.3 is 9.72 Å². The zero-order chi connectivity index (χ0) is 13.9. The number of H-pyrrole nitrogens is 1. The van der Waals surface area contributed by atoms with Gasteiger partial charge in [-0.05, 0) is 42.8 Å². The van der Waals surface area contributed by atoms with Gasteiger partial charge in [0.2, 0.25) is 0 Å². The molecule has 1 aromatic heterocycles. The van der Waals surface area contributed by atoms with Crippen molar-refractivity contribution in [1.82, 2.24) is 9.97 Å². The van der Waals surface area contributed by atoms with E-state index in [0.29, 0.717) is 13.0 Å². The number of nitrogens with one attached hydrogen (secondary N) is 1. The van der Waals surface area contributed by atoms with Gasteiger partial charge in [-0.1, -0.05) is 12.1 Å². The summed E-state index contributed by atoms with van der Waals surface area (Å²) in [5.74, 6) is 1.40. The highest BCUT2D eigenvalue weighted by molar-refractivity contribution is 5.74. The van der Waals surface area contributed by atoms with Gasteiger partial charge in [0.05, 0.1) is 17.6 Å². The van der Waals surface area contributed by atoms with Crippen LogP contribution in [0.1, 0.15) is 11.4 Å². The Morgan fingerprint density at radius 2 is 2.10 bits per heavy atom. The monoisotopic (exact) mass is 270 g/mol. The molecule has 3 aromatic rings. The quantitative estimate of drug-likeness (QED) is 0.786. The molecule has 2 aromatic carbocycles. The summed E-state index contributed by atoms with van der Waals surface area (Å²) in [6.45, 7) is 2.56. The van der Waals surface area contributed by atoms with Crippen LogP contribution in [-0.4, -0.2) is 16.6 Å². The van der Waals surface area contributed by atoms with E-state index in [1.807, 2.05) is 31.2 Å². The highest BCUT2D eigenvalue weighted by Gasteiger charge is 2.04. The Labute approximate surface area is 116 Å². The number of benzene rings is 2. The van der Waals surface area contributed by atoms with Gasteiger partial charge in [-0.25, -0.2) is 9.37 Å². The maximum atomic E-state index is 13.1. The second kappa shape index (κ2) is 5.33. The summed E-state index contributed by atoms with van der Waals surface area (Å²) < 4.78 is 18.8. The lowest BCUT2D eigenvalue weighted by molar-refractivity contribution is 0.319. The molecule has 20 heavy (non-hydrogen) atoms. The standard InChI is InChI=1S/C16H15FN2O/c1-11-3-2-4-13(9-11)20-8-7-16-18-14-6-5-12(17)10-15(14)19-16/h2-6,9-10H,7-8H2,1H3,(H,18,19). The Morgan fingerprint density at radius 3 is 2.95 bits per heavy atom. The molecule has 0 spiro atoms. The Kier molecular flexibility index (Phi) is 3.37. The van der Waals surface area contributed by atoms with Crippen LogP contribution in [0.15, 0.2) is 42.5 Å². The van der Waals surface area contributed by atoms with E-state index in [4.69, 9.17) is 4.74 Å². The van der Waals surface area contributed by atoms with Crippen LogP contribution in [0.2, 0.25) is 0 Å². The molecule has 0 atom stereocenters. The molecule has 1 heterocycles. The van der Waals surface area contributed by atoms with Gasteiger partial charge in [0.15, 0.2) is 0 Å². The van der Waals surface area contributed by atoms with Crippen LogP contribution in [0.25, 0.3) is 11.0 Å². The van der Waals surface area contributed by atoms with E-state index < -0.39 is 0 Å². The van der Waals surface area contributed by atoms with Crippen LogP contribution in [0.5, 0.6) is 5.75 Å². The first-order chi connectivity index (χ1) is 9.70. The number of halogens is 1. The first-order valence-corrected chi connectivity index (χ1v) is 6.54. The lowest BCUT2D eigenvalue weighted by Crippen LogP contribution is -2.02. The van der Waals surface area contributed by atoms with Crippen molar-refractivity contribution in [3.63, 3.8) is 0 Å². The van der Waals surface area contributed by atoms with E-state index in [1.165, 1.54) is 17.7 Å². The fourth-order valence-corrected chi connectivity index (χ4v) is 2.12. The topological polar surface area (TPSA) is 37.9 Å². The minimum atomic E-state index is -0.260. The van der Waals surface area contributed by atoms with Crippen molar-refractivity contribution in [2.45, 2.75) is 13.3 Å². The maximum Gasteiger partial charge on any atom is 0.125 e. The highest BCUT2D eigenvalue weighted by Crippen LogP contribution is 2.15. The molecule has 0 amide bonds. The molecule has 0 radical (unpaired) electrons. The van der Waals surface area contributed by atoms with Crippen LogP contribution in [0.4, 0.5) is 4.39 Å². The zero-order valence-corrected chi connectivity index (χ0v) is 11.2. The second-order valence-corrected chi connectivity index (χ2v) is 4.76. The van der Waals surface area contributed by atoms with Crippen molar-refractivity contribution < 1.29 is 9.13 Å². The Morgan fingerprint density at radius 1 is 1.20 bits per heavy atom. The van der Waals surface area contributed by atoms with Crippen LogP contribution in [0, 0.1) is 12.7 Å². The summed E-state index contributed by atoms with van der Waals surface area (Å²) in [5, 5.41) is 0. The smallest absolute Gasteiger partial charge is 0.125 e. The molecule has 0 saturated carbocycles. The number of ether oxygens (including phenoxy) is 1. The predicted molar refractivity (Wildman–Crippen MR) is 76.4 cm³/mol. The Bertz CT molecular complexity index is 736. The summed E-state index contributed by atoms with van der Waals surface area (Å²) in [6, 6.07) is 12.5. The molecule has 0 unspecified atom stereocenters. The van der Waals surface area contributed by atoms with Gasteiger partial charge in [-0.3, -0.25) is 0 Å². The third-order valence-electron chi connectivity index (χ3n) is 3.09. The SMILES string of the molecule is Cc1cccc(OCCc2nc3ccc(F)cc3[nH]2)c1. The number of hydrogen-bond donors (Lipinski definition) is 1. The second-order valence-electron chi connectivity index (χ2n) is 4.76. The fourth-order valence-electron chi connectivity index (χ4n) is 2.12. The van der Waals surface area contributed by atoms with Gasteiger partial charge >= 0.3 is 0 Å². The first kappa shape index (κ1) is 12.7. The van der Waals surface area contributed by atoms with Crippen molar-refractivity contribution in [2.24, 2.45) is 0 Å². The van der Waals surface area contributed by atoms with Crippen LogP contribution < -0.4 is 4.74 Å². The molecule has 3 rings (SSSR count). The molecule has 0 bridgehead atoms. The normalized spacial score (nSPS) is 10.9. The summed E-state index contributed by atoms with van der Waals surface area (Å²) in [4.78, 5) is 7.50. The predicted octanol–water partition coefficient (Wildman–Crippen LogP) is 3.63. The molecular weight excluding hydrogens is 255 g/mol. The number of aromatic nitrogens is 2. The maximum absolute atomic E-state index is 13.1. The minimum absolute atomic E-state index is 0.260. The summed E-state index contributed by atoms with van der Waals surface area (Å²) in [7, 11) is 0. The molecule has 0 aliphatic rings. The van der Waals surface area contributed by atoms with Crippen LogP contribution in [-0.2, 0) is 6.42 Å². The first-order valence-electron chi connectivity index (χ1n) is 6.54. The third-order valence-corrected chi connectivity index (χ3v) is 3.09. The molecule has 1 N–H and O–H groups in total. The van der Waals surface area contributed by atoms with Crippen molar-refractivity contribution >= 4 is 11.0 Å². The van der Waals surface area contributed by atoms with Crippen LogP contribution >= 0.6 is 0 Å². The summed E-state index contributed by atoms with van der Waals surface area (Å²) in [5.41, 5.74) is 2.66. The van der Waals surface area contributed by atoms with E-state index in [1.54, 1.807) is 6.07 Å². The summed E-state index contributed by atoms with van der Waals surface area (Å²) in [6.07, 6.45) is 0.657. The average molecular weight is 270 g/mol. The van der Waals surface area contributed by atoms with Gasteiger partial charge in [-0.15, -0.1) is 0 Å². The molecule has 0 aliphatic carbocycles. The average Bonchev–Trinajstić information content (AvgIpc) is 2.80. The Hall–Kier alpha value is -2.36. The highest BCUT2D eigenvalue weighted by atomic mass is 19.1. The number of aryl methyl sites for hydroxylation is 1. The van der Waals surface area contributed by atoms with E-state index >= 15 is 0 Å². The molecule has 102 valence electrons. The lowest BCUT2D eigenvalue weighted by atomic mass is 10.2. The Balaban J connectivity index is 1.65. The van der Waals surface area contributed by atoms with Crippen molar-refractivity contribution in [2.75, 3.05) is 6.61 Å².